The molecule has 2 aliphatic carbocycles. The molecule has 1 saturated heterocycles. The van der Waals surface area contributed by atoms with Gasteiger partial charge >= 0.3 is 0 Å². The highest BCUT2D eigenvalue weighted by Crippen LogP contribution is 2.35. The van der Waals surface area contributed by atoms with Crippen LogP contribution in [0, 0.1) is 5.92 Å². The van der Waals surface area contributed by atoms with Crippen molar-refractivity contribution in [3.63, 3.8) is 0 Å². The molecule has 6 nitrogen and oxygen atoms in total. The lowest BCUT2D eigenvalue weighted by atomic mass is 9.79. The smallest absolute Gasteiger partial charge is 0.223 e. The van der Waals surface area contributed by atoms with Crippen LogP contribution in [0.2, 0.25) is 0 Å². The monoisotopic (exact) mass is 491 g/mol. The van der Waals surface area contributed by atoms with Crippen LogP contribution in [0.15, 0.2) is 4.99 Å². The SMILES string of the molecule is CN=C(NCCNC(=O)C1CC1)NCC1(N2CCCCC2)CCCCC1.I. The lowest BCUT2D eigenvalue weighted by Crippen LogP contribution is -2.59. The van der Waals surface area contributed by atoms with Gasteiger partial charge in [0.25, 0.3) is 0 Å². The number of hydrogen-bond donors (Lipinski definition) is 3. The third-order valence-electron chi connectivity index (χ3n) is 6.28. The highest BCUT2D eigenvalue weighted by atomic mass is 127. The lowest BCUT2D eigenvalue weighted by molar-refractivity contribution is -0.122. The van der Waals surface area contributed by atoms with Crippen LogP contribution in [0.25, 0.3) is 0 Å². The van der Waals surface area contributed by atoms with E-state index in [0.717, 1.165) is 31.9 Å². The van der Waals surface area contributed by atoms with Crippen LogP contribution in [-0.2, 0) is 4.79 Å². The Balaban J connectivity index is 0.00000261. The molecule has 27 heavy (non-hydrogen) atoms. The van der Waals surface area contributed by atoms with Gasteiger partial charge in [-0.05, 0) is 51.6 Å². The minimum atomic E-state index is 0. The van der Waals surface area contributed by atoms with Crippen molar-refractivity contribution in [2.24, 2.45) is 10.9 Å². The summed E-state index contributed by atoms with van der Waals surface area (Å²) < 4.78 is 0. The van der Waals surface area contributed by atoms with Gasteiger partial charge in [-0.15, -0.1) is 24.0 Å². The first-order chi connectivity index (χ1) is 12.7. The number of amides is 1. The summed E-state index contributed by atoms with van der Waals surface area (Å²) in [5.41, 5.74) is 0.302. The summed E-state index contributed by atoms with van der Waals surface area (Å²) in [4.78, 5) is 18.8. The molecule has 3 aliphatic rings. The number of aliphatic imine (C=N–C) groups is 1. The van der Waals surface area contributed by atoms with Crippen LogP contribution in [0.1, 0.15) is 64.2 Å². The van der Waals surface area contributed by atoms with Gasteiger partial charge in [-0.3, -0.25) is 14.7 Å². The molecule has 0 spiro atoms. The van der Waals surface area contributed by atoms with E-state index in [2.05, 4.69) is 25.8 Å². The van der Waals surface area contributed by atoms with Crippen molar-refractivity contribution in [1.29, 1.82) is 0 Å². The largest absolute Gasteiger partial charge is 0.355 e. The fourth-order valence-corrected chi connectivity index (χ4v) is 4.51. The van der Waals surface area contributed by atoms with E-state index in [0.29, 0.717) is 12.1 Å². The summed E-state index contributed by atoms with van der Waals surface area (Å²) in [5, 5.41) is 9.93. The molecule has 3 fully saturated rings. The molecule has 0 unspecified atom stereocenters. The number of halogens is 1. The first-order valence-corrected chi connectivity index (χ1v) is 10.7. The third kappa shape index (κ3) is 6.76. The van der Waals surface area contributed by atoms with Gasteiger partial charge in [-0.25, -0.2) is 0 Å². The Morgan fingerprint density at radius 2 is 1.59 bits per heavy atom. The summed E-state index contributed by atoms with van der Waals surface area (Å²) >= 11 is 0. The minimum Gasteiger partial charge on any atom is -0.355 e. The number of rotatable bonds is 7. The number of nitrogens with one attached hydrogen (secondary N) is 3. The number of carbonyl (C=O) groups excluding carboxylic acids is 1. The van der Waals surface area contributed by atoms with Crippen LogP contribution < -0.4 is 16.0 Å². The number of guanidine groups is 1. The van der Waals surface area contributed by atoms with Crippen molar-refractivity contribution in [2.45, 2.75) is 69.7 Å². The molecule has 156 valence electrons. The van der Waals surface area contributed by atoms with Gasteiger partial charge in [0, 0.05) is 38.1 Å². The molecule has 0 aromatic heterocycles. The average Bonchev–Trinajstić information content (AvgIpc) is 3.54. The Morgan fingerprint density at radius 1 is 0.963 bits per heavy atom. The van der Waals surface area contributed by atoms with E-state index < -0.39 is 0 Å². The molecular formula is C20H38IN5O. The van der Waals surface area contributed by atoms with Gasteiger partial charge in [0.2, 0.25) is 5.91 Å². The van der Waals surface area contributed by atoms with Crippen molar-refractivity contribution in [3.05, 3.63) is 0 Å². The predicted octanol–water partition coefficient (Wildman–Crippen LogP) is 2.48. The summed E-state index contributed by atoms with van der Waals surface area (Å²) in [7, 11) is 1.83. The first-order valence-electron chi connectivity index (χ1n) is 10.7. The quantitative estimate of drug-likeness (QED) is 0.222. The second-order valence-corrected chi connectivity index (χ2v) is 8.25. The van der Waals surface area contributed by atoms with Gasteiger partial charge in [-0.2, -0.15) is 0 Å². The highest BCUT2D eigenvalue weighted by Gasteiger charge is 2.38. The predicted molar refractivity (Wildman–Crippen MR) is 122 cm³/mol. The zero-order valence-corrected chi connectivity index (χ0v) is 19.2. The number of likely N-dealkylation sites (tertiary alicyclic amines) is 1. The molecule has 1 aliphatic heterocycles. The normalized spacial score (nSPS) is 23.2. The minimum absolute atomic E-state index is 0. The summed E-state index contributed by atoms with van der Waals surface area (Å²) in [6.45, 7) is 4.85. The molecule has 0 aromatic carbocycles. The molecule has 2 saturated carbocycles. The molecule has 1 amide bonds. The van der Waals surface area contributed by atoms with Crippen LogP contribution in [0.5, 0.6) is 0 Å². The molecule has 0 aromatic rings. The Bertz CT molecular complexity index is 483. The second-order valence-electron chi connectivity index (χ2n) is 8.25. The van der Waals surface area contributed by atoms with Gasteiger partial charge in [0.1, 0.15) is 0 Å². The van der Waals surface area contributed by atoms with E-state index in [1.54, 1.807) is 0 Å². The number of carbonyl (C=O) groups is 1. The second kappa shape index (κ2) is 11.4. The van der Waals surface area contributed by atoms with Crippen LogP contribution in [0.3, 0.4) is 0 Å². The molecule has 3 N–H and O–H groups in total. The van der Waals surface area contributed by atoms with Crippen molar-refractivity contribution in [1.82, 2.24) is 20.9 Å². The molecule has 0 bridgehead atoms. The Morgan fingerprint density at radius 3 is 2.22 bits per heavy atom. The maximum atomic E-state index is 11.7. The third-order valence-corrected chi connectivity index (χ3v) is 6.28. The lowest BCUT2D eigenvalue weighted by Gasteiger charge is -2.48. The van der Waals surface area contributed by atoms with E-state index in [-0.39, 0.29) is 35.8 Å². The van der Waals surface area contributed by atoms with E-state index in [4.69, 9.17) is 0 Å². The highest BCUT2D eigenvalue weighted by molar-refractivity contribution is 14.0. The zero-order valence-electron chi connectivity index (χ0n) is 16.9. The van der Waals surface area contributed by atoms with E-state index in [1.165, 1.54) is 64.5 Å². The van der Waals surface area contributed by atoms with E-state index in [1.807, 2.05) is 7.05 Å². The summed E-state index contributed by atoms with van der Waals surface area (Å²) in [5.74, 6) is 1.34. The number of piperidine rings is 1. The first kappa shape index (κ1) is 22.7. The van der Waals surface area contributed by atoms with Crippen LogP contribution in [-0.4, -0.2) is 62.1 Å². The average molecular weight is 491 g/mol. The topological polar surface area (TPSA) is 68.8 Å². The van der Waals surface area contributed by atoms with Crippen molar-refractivity contribution >= 4 is 35.8 Å². The zero-order chi connectivity index (χ0) is 18.2. The van der Waals surface area contributed by atoms with Crippen molar-refractivity contribution < 1.29 is 4.79 Å². The number of hydrogen-bond acceptors (Lipinski definition) is 3. The van der Waals surface area contributed by atoms with Crippen LogP contribution in [0.4, 0.5) is 0 Å². The maximum absolute atomic E-state index is 11.7. The fraction of sp³-hybridized carbons (Fsp3) is 0.900. The summed E-state index contributed by atoms with van der Waals surface area (Å²) in [6.07, 6.45) is 12.9. The van der Waals surface area contributed by atoms with Gasteiger partial charge < -0.3 is 16.0 Å². The van der Waals surface area contributed by atoms with Crippen molar-refractivity contribution in [2.75, 3.05) is 39.8 Å². The fourth-order valence-electron chi connectivity index (χ4n) is 4.51. The molecule has 0 atom stereocenters. The Labute approximate surface area is 181 Å². The molecule has 7 heteroatoms. The Hall–Kier alpha value is -0.570. The molecular weight excluding hydrogens is 453 g/mol. The molecule has 1 heterocycles. The van der Waals surface area contributed by atoms with Crippen LogP contribution >= 0.6 is 24.0 Å². The Kier molecular flexibility index (Phi) is 9.62. The molecule has 3 rings (SSSR count). The van der Waals surface area contributed by atoms with Gasteiger partial charge in [0.15, 0.2) is 5.96 Å². The number of nitrogens with zero attached hydrogens (tertiary/aromatic N) is 2. The van der Waals surface area contributed by atoms with Crippen molar-refractivity contribution in [3.8, 4) is 0 Å². The van der Waals surface area contributed by atoms with E-state index in [9.17, 15) is 4.79 Å². The maximum Gasteiger partial charge on any atom is 0.223 e. The molecule has 0 radical (unpaired) electrons. The van der Waals surface area contributed by atoms with Gasteiger partial charge in [0.05, 0.1) is 0 Å². The summed E-state index contributed by atoms with van der Waals surface area (Å²) in [6, 6.07) is 0. The standard InChI is InChI=1S/C20H37N5O.HI/c1-21-19(23-13-12-22-18(26)17-8-9-17)24-16-20(10-4-2-5-11-20)25-14-6-3-7-15-25;/h17H,2-16H2,1H3,(H,22,26)(H2,21,23,24);1H. The van der Waals surface area contributed by atoms with E-state index >= 15 is 0 Å². The van der Waals surface area contributed by atoms with Gasteiger partial charge in [-0.1, -0.05) is 25.7 Å².